The molecule has 0 N–H and O–H groups in total. The van der Waals surface area contributed by atoms with Gasteiger partial charge in [0.05, 0.1) is 22.7 Å². The average molecular weight is 498 g/mol. The van der Waals surface area contributed by atoms with E-state index in [2.05, 4.69) is 13.8 Å². The summed E-state index contributed by atoms with van der Waals surface area (Å²) in [6.45, 7) is 5.26. The molecule has 3 heterocycles. The summed E-state index contributed by atoms with van der Waals surface area (Å²) in [5, 5.41) is -0.896. The summed E-state index contributed by atoms with van der Waals surface area (Å²) in [5.74, 6) is -0.765. The lowest BCUT2D eigenvalue weighted by molar-refractivity contribution is -0.136. The van der Waals surface area contributed by atoms with Crippen molar-refractivity contribution < 1.29 is 26.4 Å². The molecule has 9 nitrogen and oxygen atoms in total. The van der Waals surface area contributed by atoms with Crippen LogP contribution in [0.3, 0.4) is 0 Å². The fourth-order valence-electron chi connectivity index (χ4n) is 4.80. The zero-order valence-corrected chi connectivity index (χ0v) is 20.6. The fraction of sp³-hybridized carbons (Fsp3) is 0.636. The number of carbonyl (C=O) groups excluding carboxylic acids is 2. The summed E-state index contributed by atoms with van der Waals surface area (Å²) in [7, 11) is -7.01. The van der Waals surface area contributed by atoms with Crippen molar-refractivity contribution in [2.24, 2.45) is 5.92 Å². The summed E-state index contributed by atoms with van der Waals surface area (Å²) < 4.78 is 50.4. The Labute approximate surface area is 195 Å². The van der Waals surface area contributed by atoms with Gasteiger partial charge in [-0.2, -0.15) is 4.31 Å². The van der Waals surface area contributed by atoms with Crippen LogP contribution in [-0.4, -0.2) is 87.3 Å². The van der Waals surface area contributed by atoms with Crippen LogP contribution in [0.25, 0.3) is 0 Å². The smallest absolute Gasteiger partial charge is 0.228 e. The van der Waals surface area contributed by atoms with Crippen LogP contribution >= 0.6 is 0 Å². The third-order valence-electron chi connectivity index (χ3n) is 6.84. The molecule has 3 saturated heterocycles. The number of sulfonamides is 1. The van der Waals surface area contributed by atoms with Crippen molar-refractivity contribution in [2.75, 3.05) is 49.1 Å². The van der Waals surface area contributed by atoms with Crippen LogP contribution in [-0.2, 0) is 29.4 Å². The molecule has 0 aliphatic carbocycles. The van der Waals surface area contributed by atoms with Crippen LogP contribution in [0.2, 0.25) is 0 Å². The van der Waals surface area contributed by atoms with Gasteiger partial charge in [0.2, 0.25) is 21.8 Å². The maximum absolute atomic E-state index is 13.1. The van der Waals surface area contributed by atoms with Crippen molar-refractivity contribution >= 4 is 37.4 Å². The lowest BCUT2D eigenvalue weighted by Gasteiger charge is -2.36. The third kappa shape index (κ3) is 4.95. The maximum atomic E-state index is 13.1. The normalized spacial score (nSPS) is 26.3. The minimum absolute atomic E-state index is 0.0853. The van der Waals surface area contributed by atoms with Gasteiger partial charge in [0.15, 0.2) is 9.84 Å². The van der Waals surface area contributed by atoms with Gasteiger partial charge in [0.1, 0.15) is 0 Å². The van der Waals surface area contributed by atoms with E-state index >= 15 is 0 Å². The highest BCUT2D eigenvalue weighted by atomic mass is 32.2. The Morgan fingerprint density at radius 2 is 1.82 bits per heavy atom. The van der Waals surface area contributed by atoms with Crippen LogP contribution < -0.4 is 4.90 Å². The molecule has 1 aromatic carbocycles. The SMILES string of the molecule is CC(C)c1cccc(N2CC(C(=O)N3CCN(S(=O)(=O)C4CCS(=O)(=O)C4)CC3)CC2=O)c1. The minimum atomic E-state index is -3.71. The Kier molecular flexibility index (Phi) is 6.58. The molecule has 0 aromatic heterocycles. The van der Waals surface area contributed by atoms with Crippen molar-refractivity contribution in [1.29, 1.82) is 0 Å². The van der Waals surface area contributed by atoms with Gasteiger partial charge in [-0.15, -0.1) is 0 Å². The predicted octanol–water partition coefficient (Wildman–Crippen LogP) is 0.824. The van der Waals surface area contributed by atoms with Crippen LogP contribution in [0, 0.1) is 5.92 Å². The molecule has 2 amide bonds. The van der Waals surface area contributed by atoms with Gasteiger partial charge in [-0.25, -0.2) is 16.8 Å². The first-order chi connectivity index (χ1) is 15.5. The second kappa shape index (κ2) is 8.99. The van der Waals surface area contributed by atoms with Crippen LogP contribution in [0.15, 0.2) is 24.3 Å². The van der Waals surface area contributed by atoms with Crippen molar-refractivity contribution in [3.8, 4) is 0 Å². The highest BCUT2D eigenvalue weighted by Crippen LogP contribution is 2.29. The monoisotopic (exact) mass is 497 g/mol. The maximum Gasteiger partial charge on any atom is 0.228 e. The molecule has 4 rings (SSSR count). The molecule has 33 heavy (non-hydrogen) atoms. The van der Waals surface area contributed by atoms with E-state index in [4.69, 9.17) is 0 Å². The molecule has 3 aliphatic rings. The minimum Gasteiger partial charge on any atom is -0.340 e. The highest BCUT2D eigenvalue weighted by molar-refractivity contribution is 7.95. The Hall–Kier alpha value is -1.98. The first-order valence-corrected chi connectivity index (χ1v) is 14.7. The van der Waals surface area contributed by atoms with E-state index in [1.807, 2.05) is 24.3 Å². The number of hydrogen-bond donors (Lipinski definition) is 0. The Balaban J connectivity index is 1.36. The summed E-state index contributed by atoms with van der Waals surface area (Å²) in [4.78, 5) is 29.0. The molecule has 1 aromatic rings. The van der Waals surface area contributed by atoms with Crippen molar-refractivity contribution in [2.45, 2.75) is 37.9 Å². The van der Waals surface area contributed by atoms with Gasteiger partial charge in [0.25, 0.3) is 0 Å². The second-order valence-corrected chi connectivity index (χ2v) is 13.9. The van der Waals surface area contributed by atoms with E-state index in [0.717, 1.165) is 11.3 Å². The van der Waals surface area contributed by atoms with E-state index in [-0.39, 0.29) is 62.3 Å². The third-order valence-corrected chi connectivity index (χ3v) is 11.2. The Bertz CT molecular complexity index is 1140. The molecule has 3 fully saturated rings. The summed E-state index contributed by atoms with van der Waals surface area (Å²) in [5.41, 5.74) is 1.92. The van der Waals surface area contributed by atoms with E-state index in [1.54, 1.807) is 9.80 Å². The first kappa shape index (κ1) is 24.2. The van der Waals surface area contributed by atoms with Crippen LogP contribution in [0.4, 0.5) is 5.69 Å². The Morgan fingerprint density at radius 3 is 2.42 bits per heavy atom. The molecule has 0 radical (unpaired) electrons. The van der Waals surface area contributed by atoms with Crippen molar-refractivity contribution in [1.82, 2.24) is 9.21 Å². The van der Waals surface area contributed by atoms with Crippen LogP contribution in [0.1, 0.15) is 38.2 Å². The fourth-order valence-corrected chi connectivity index (χ4v) is 9.31. The number of benzene rings is 1. The number of anilines is 1. The number of nitrogens with zero attached hydrogens (tertiary/aromatic N) is 3. The number of piperazine rings is 1. The van der Waals surface area contributed by atoms with E-state index in [9.17, 15) is 26.4 Å². The summed E-state index contributed by atoms with van der Waals surface area (Å²) in [6, 6.07) is 7.81. The number of rotatable bonds is 5. The first-order valence-electron chi connectivity index (χ1n) is 11.4. The molecule has 3 aliphatic heterocycles. The lowest BCUT2D eigenvalue weighted by Crippen LogP contribution is -2.54. The molecule has 2 atom stereocenters. The molecule has 11 heteroatoms. The molecular weight excluding hydrogens is 466 g/mol. The summed E-state index contributed by atoms with van der Waals surface area (Å²) >= 11 is 0. The second-order valence-electron chi connectivity index (χ2n) is 9.45. The van der Waals surface area contributed by atoms with Crippen LogP contribution in [0.5, 0.6) is 0 Å². The zero-order valence-electron chi connectivity index (χ0n) is 19.0. The molecule has 0 spiro atoms. The number of carbonyl (C=O) groups is 2. The molecule has 0 bridgehead atoms. The Morgan fingerprint density at radius 1 is 1.12 bits per heavy atom. The van der Waals surface area contributed by atoms with Crippen molar-refractivity contribution in [3.05, 3.63) is 29.8 Å². The topological polar surface area (TPSA) is 112 Å². The number of hydrogen-bond acceptors (Lipinski definition) is 6. The largest absolute Gasteiger partial charge is 0.340 e. The van der Waals surface area contributed by atoms with E-state index in [1.165, 1.54) is 4.31 Å². The van der Waals surface area contributed by atoms with Gasteiger partial charge >= 0.3 is 0 Å². The van der Waals surface area contributed by atoms with E-state index < -0.39 is 31.0 Å². The quantitative estimate of drug-likeness (QED) is 0.596. The van der Waals surface area contributed by atoms with Gasteiger partial charge < -0.3 is 9.80 Å². The van der Waals surface area contributed by atoms with Gasteiger partial charge in [0, 0.05) is 44.8 Å². The molecular formula is C22H31N3O6S2. The molecule has 0 saturated carbocycles. The van der Waals surface area contributed by atoms with Gasteiger partial charge in [-0.05, 0) is 30.0 Å². The summed E-state index contributed by atoms with van der Waals surface area (Å²) in [6.07, 6.45) is 0.269. The predicted molar refractivity (Wildman–Crippen MR) is 125 cm³/mol. The zero-order chi connectivity index (χ0) is 24.0. The highest BCUT2D eigenvalue weighted by Gasteiger charge is 2.43. The van der Waals surface area contributed by atoms with Gasteiger partial charge in [-0.1, -0.05) is 26.0 Å². The molecule has 182 valence electrons. The standard InChI is InChI=1S/C22H31N3O6S2/c1-16(2)17-4-3-5-19(12-17)25-14-18(13-21(25)26)22(27)23-7-9-24(10-8-23)33(30,31)20-6-11-32(28,29)15-20/h3-5,12,16,18,20H,6-11,13-15H2,1-2H3. The number of amides is 2. The average Bonchev–Trinajstić information content (AvgIpc) is 3.35. The number of sulfone groups is 1. The lowest BCUT2D eigenvalue weighted by atomic mass is 10.0. The van der Waals surface area contributed by atoms with Crippen molar-refractivity contribution in [3.63, 3.8) is 0 Å². The molecule has 2 unspecified atom stereocenters. The van der Waals surface area contributed by atoms with E-state index in [0.29, 0.717) is 12.5 Å². The van der Waals surface area contributed by atoms with Gasteiger partial charge in [-0.3, -0.25) is 9.59 Å².